The van der Waals surface area contributed by atoms with Crippen molar-refractivity contribution in [2.75, 3.05) is 6.26 Å². The minimum atomic E-state index is 0.354. The quantitative estimate of drug-likeness (QED) is 0.802. The van der Waals surface area contributed by atoms with Crippen molar-refractivity contribution in [1.82, 2.24) is 9.55 Å². The molecule has 0 bridgehead atoms. The smallest absolute Gasteiger partial charge is 0.178 e. The third kappa shape index (κ3) is 2.46. The Morgan fingerprint density at radius 3 is 2.84 bits per heavy atom. The third-order valence-corrected chi connectivity index (χ3v) is 6.09. The highest BCUT2D eigenvalue weighted by Crippen LogP contribution is 2.42. The van der Waals surface area contributed by atoms with Gasteiger partial charge in [0.15, 0.2) is 4.77 Å². The largest absolute Gasteiger partial charge is 0.331 e. The molecule has 19 heavy (non-hydrogen) atoms. The van der Waals surface area contributed by atoms with Gasteiger partial charge in [-0.15, -0.1) is 0 Å². The first-order chi connectivity index (χ1) is 9.13. The molecule has 1 heterocycles. The van der Waals surface area contributed by atoms with E-state index in [1.165, 1.54) is 25.7 Å². The lowest BCUT2D eigenvalue weighted by atomic mass is 10.1. The second-order valence-corrected chi connectivity index (χ2v) is 7.37. The van der Waals surface area contributed by atoms with E-state index >= 15 is 0 Å². The lowest BCUT2D eigenvalue weighted by Gasteiger charge is -2.27. The van der Waals surface area contributed by atoms with Crippen LogP contribution in [0.5, 0.6) is 0 Å². The van der Waals surface area contributed by atoms with Gasteiger partial charge in [0.05, 0.1) is 11.0 Å². The summed E-state index contributed by atoms with van der Waals surface area (Å²) >= 11 is 13.5. The Balaban J connectivity index is 2.05. The fourth-order valence-corrected chi connectivity index (χ4v) is 4.43. The van der Waals surface area contributed by atoms with Crippen molar-refractivity contribution in [3.8, 4) is 0 Å². The molecule has 0 spiro atoms. The van der Waals surface area contributed by atoms with Crippen LogP contribution in [-0.4, -0.2) is 20.6 Å². The van der Waals surface area contributed by atoms with E-state index in [9.17, 15) is 0 Å². The zero-order chi connectivity index (χ0) is 13.5. The molecule has 2 aromatic rings. The number of nitrogens with zero attached hydrogens (tertiary/aromatic N) is 1. The van der Waals surface area contributed by atoms with E-state index in [0.29, 0.717) is 4.75 Å². The molecule has 102 valence electrons. The molecule has 0 unspecified atom stereocenters. The minimum absolute atomic E-state index is 0.354. The van der Waals surface area contributed by atoms with Crippen LogP contribution < -0.4 is 0 Å². The predicted octanol–water partition coefficient (Wildman–Crippen LogP) is 5.03. The van der Waals surface area contributed by atoms with Gasteiger partial charge in [-0.1, -0.05) is 24.4 Å². The molecule has 1 aromatic heterocycles. The molecule has 0 radical (unpaired) electrons. The molecular weight excluding hydrogens is 296 g/mol. The van der Waals surface area contributed by atoms with Crippen LogP contribution in [0, 0.1) is 4.77 Å². The van der Waals surface area contributed by atoms with Crippen molar-refractivity contribution in [3.63, 3.8) is 0 Å². The van der Waals surface area contributed by atoms with Crippen LogP contribution >= 0.6 is 35.6 Å². The Labute approximate surface area is 127 Å². The number of thioether (sulfide) groups is 1. The summed E-state index contributed by atoms with van der Waals surface area (Å²) in [4.78, 5) is 3.27. The van der Waals surface area contributed by atoms with E-state index in [1.54, 1.807) is 0 Å². The van der Waals surface area contributed by atoms with Gasteiger partial charge < -0.3 is 9.55 Å². The standard InChI is InChI=1S/C14H17ClN2S2/c1-19-14(6-2-3-7-14)9-17-12-5-4-10(15)8-11(12)16-13(17)18/h4-5,8H,2-3,6-7,9H2,1H3,(H,16,18). The van der Waals surface area contributed by atoms with E-state index in [2.05, 4.69) is 21.9 Å². The molecule has 1 aromatic carbocycles. The van der Waals surface area contributed by atoms with Crippen LogP contribution in [-0.2, 0) is 6.54 Å². The van der Waals surface area contributed by atoms with Gasteiger partial charge in [-0.3, -0.25) is 0 Å². The van der Waals surface area contributed by atoms with Crippen LogP contribution in [0.4, 0.5) is 0 Å². The number of H-pyrrole nitrogens is 1. The van der Waals surface area contributed by atoms with Gasteiger partial charge in [0.1, 0.15) is 0 Å². The fraction of sp³-hybridized carbons (Fsp3) is 0.500. The van der Waals surface area contributed by atoms with Crippen molar-refractivity contribution in [2.24, 2.45) is 0 Å². The highest BCUT2D eigenvalue weighted by Gasteiger charge is 2.33. The topological polar surface area (TPSA) is 20.7 Å². The third-order valence-electron chi connectivity index (χ3n) is 4.13. The summed E-state index contributed by atoms with van der Waals surface area (Å²) in [6.45, 7) is 0.995. The maximum atomic E-state index is 6.04. The summed E-state index contributed by atoms with van der Waals surface area (Å²) in [7, 11) is 0. The number of hydrogen-bond acceptors (Lipinski definition) is 2. The molecular formula is C14H17ClN2S2. The summed E-state index contributed by atoms with van der Waals surface area (Å²) < 4.78 is 3.40. The first kappa shape index (κ1) is 13.5. The van der Waals surface area contributed by atoms with Crippen LogP contribution in [0.25, 0.3) is 11.0 Å². The molecule has 0 amide bonds. The van der Waals surface area contributed by atoms with Crippen LogP contribution in [0.1, 0.15) is 25.7 Å². The van der Waals surface area contributed by atoms with Gasteiger partial charge in [-0.25, -0.2) is 0 Å². The van der Waals surface area contributed by atoms with Crippen LogP contribution in [0.15, 0.2) is 18.2 Å². The molecule has 5 heteroatoms. The van der Waals surface area contributed by atoms with E-state index < -0.39 is 0 Å². The molecule has 0 saturated heterocycles. The van der Waals surface area contributed by atoms with E-state index in [1.807, 2.05) is 23.9 Å². The normalized spacial score (nSPS) is 18.2. The molecule has 2 nitrogen and oxygen atoms in total. The maximum absolute atomic E-state index is 6.04. The van der Waals surface area contributed by atoms with Gasteiger partial charge in [-0.2, -0.15) is 11.8 Å². The number of imidazole rings is 1. The molecule has 1 aliphatic carbocycles. The fourth-order valence-electron chi connectivity index (χ4n) is 3.03. The summed E-state index contributed by atoms with van der Waals surface area (Å²) in [6.07, 6.45) is 7.47. The number of benzene rings is 1. The van der Waals surface area contributed by atoms with Crippen molar-refractivity contribution >= 4 is 46.6 Å². The van der Waals surface area contributed by atoms with Crippen molar-refractivity contribution in [2.45, 2.75) is 37.0 Å². The Bertz CT molecular complexity index is 653. The number of hydrogen-bond donors (Lipinski definition) is 1. The predicted molar refractivity (Wildman–Crippen MR) is 86.8 cm³/mol. The number of aromatic amines is 1. The first-order valence-corrected chi connectivity index (χ1v) is 8.58. The molecule has 1 aliphatic rings. The highest BCUT2D eigenvalue weighted by atomic mass is 35.5. The van der Waals surface area contributed by atoms with Crippen LogP contribution in [0.3, 0.4) is 0 Å². The van der Waals surface area contributed by atoms with Gasteiger partial charge >= 0.3 is 0 Å². The molecule has 3 rings (SSSR count). The van der Waals surface area contributed by atoms with E-state index in [4.69, 9.17) is 23.8 Å². The molecule has 0 aliphatic heterocycles. The Morgan fingerprint density at radius 2 is 2.16 bits per heavy atom. The van der Waals surface area contributed by atoms with Gasteiger partial charge in [-0.05, 0) is 49.5 Å². The number of aromatic nitrogens is 2. The van der Waals surface area contributed by atoms with Crippen LogP contribution in [0.2, 0.25) is 5.02 Å². The monoisotopic (exact) mass is 312 g/mol. The number of nitrogens with one attached hydrogen (secondary N) is 1. The lowest BCUT2D eigenvalue weighted by Crippen LogP contribution is -2.26. The first-order valence-electron chi connectivity index (χ1n) is 6.57. The zero-order valence-corrected chi connectivity index (χ0v) is 13.3. The van der Waals surface area contributed by atoms with E-state index in [-0.39, 0.29) is 0 Å². The Hall–Kier alpha value is -0.450. The number of halogens is 1. The molecule has 1 saturated carbocycles. The van der Waals surface area contributed by atoms with Gasteiger partial charge in [0.25, 0.3) is 0 Å². The van der Waals surface area contributed by atoms with Gasteiger partial charge in [0, 0.05) is 16.3 Å². The summed E-state index contributed by atoms with van der Waals surface area (Å²) in [5, 5.41) is 0.747. The second kappa shape index (κ2) is 5.15. The van der Waals surface area contributed by atoms with E-state index in [0.717, 1.165) is 27.4 Å². The molecule has 1 N–H and O–H groups in total. The zero-order valence-electron chi connectivity index (χ0n) is 10.9. The minimum Gasteiger partial charge on any atom is -0.331 e. The highest BCUT2D eigenvalue weighted by molar-refractivity contribution is 8.00. The van der Waals surface area contributed by atoms with Crippen molar-refractivity contribution in [1.29, 1.82) is 0 Å². The number of fused-ring (bicyclic) bond motifs is 1. The summed E-state index contributed by atoms with van der Waals surface area (Å²) in [6, 6.07) is 5.94. The number of rotatable bonds is 3. The average Bonchev–Trinajstić information content (AvgIpc) is 2.96. The van der Waals surface area contributed by atoms with Crippen molar-refractivity contribution < 1.29 is 0 Å². The SMILES string of the molecule is CSC1(Cn2c(=S)[nH]c3cc(Cl)ccc32)CCCC1. The second-order valence-electron chi connectivity index (χ2n) is 5.27. The summed E-state index contributed by atoms with van der Waals surface area (Å²) in [5.74, 6) is 0. The van der Waals surface area contributed by atoms with Gasteiger partial charge in [0.2, 0.25) is 0 Å². The Kier molecular flexibility index (Phi) is 3.67. The maximum Gasteiger partial charge on any atom is 0.178 e. The lowest BCUT2D eigenvalue weighted by molar-refractivity contribution is 0.510. The van der Waals surface area contributed by atoms with Crippen molar-refractivity contribution in [3.05, 3.63) is 28.0 Å². The summed E-state index contributed by atoms with van der Waals surface area (Å²) in [5.41, 5.74) is 2.20. The molecule has 1 fully saturated rings. The average molecular weight is 313 g/mol. The molecule has 0 atom stereocenters. The Morgan fingerprint density at radius 1 is 1.42 bits per heavy atom.